The quantitative estimate of drug-likeness (QED) is 0.380. The van der Waals surface area contributed by atoms with E-state index in [1.165, 1.54) is 21.6 Å². The molecule has 0 bridgehead atoms. The molecular formula is C30H29FN6O3. The summed E-state index contributed by atoms with van der Waals surface area (Å²) in [6.45, 7) is 2.86. The van der Waals surface area contributed by atoms with Crippen LogP contribution in [0.25, 0.3) is 11.3 Å². The van der Waals surface area contributed by atoms with E-state index in [4.69, 9.17) is 0 Å². The largest absolute Gasteiger partial charge is 0.345 e. The Kier molecular flexibility index (Phi) is 7.08. The fourth-order valence-electron chi connectivity index (χ4n) is 4.72. The number of hydrogen-bond acceptors (Lipinski definition) is 5. The van der Waals surface area contributed by atoms with Gasteiger partial charge in [0.15, 0.2) is 5.82 Å². The Hall–Kier alpha value is -4.99. The lowest BCUT2D eigenvalue weighted by molar-refractivity contribution is 0.0827. The lowest BCUT2D eigenvalue weighted by Gasteiger charge is -2.22. The van der Waals surface area contributed by atoms with Crippen LogP contribution in [0.4, 0.5) is 32.1 Å². The molecule has 5 rings (SSSR count). The second kappa shape index (κ2) is 10.6. The van der Waals surface area contributed by atoms with Gasteiger partial charge in [0, 0.05) is 68.6 Å². The smallest absolute Gasteiger partial charge is 0.329 e. The fraction of sp³-hybridized carbons (Fsp3) is 0.200. The first-order valence-electron chi connectivity index (χ1n) is 12.7. The molecule has 1 aromatic heterocycles. The number of urea groups is 1. The number of carbonyl (C=O) groups is 2. The topological polar surface area (TPSA) is 90.8 Å². The van der Waals surface area contributed by atoms with Gasteiger partial charge in [-0.1, -0.05) is 12.1 Å². The molecule has 0 spiro atoms. The van der Waals surface area contributed by atoms with Crippen LogP contribution in [0, 0.1) is 12.7 Å². The van der Waals surface area contributed by atoms with Crippen LogP contribution < -0.4 is 20.7 Å². The van der Waals surface area contributed by atoms with Gasteiger partial charge in [0.25, 0.3) is 11.5 Å². The third kappa shape index (κ3) is 5.03. The Morgan fingerprint density at radius 3 is 2.30 bits per heavy atom. The van der Waals surface area contributed by atoms with E-state index in [9.17, 15) is 18.8 Å². The summed E-state index contributed by atoms with van der Waals surface area (Å²) in [4.78, 5) is 47.9. The first-order valence-corrected chi connectivity index (χ1v) is 12.7. The summed E-state index contributed by atoms with van der Waals surface area (Å²) in [6, 6.07) is 18.1. The summed E-state index contributed by atoms with van der Waals surface area (Å²) in [5, 5.41) is 3.08. The summed E-state index contributed by atoms with van der Waals surface area (Å²) in [5.41, 5.74) is 4.38. The minimum atomic E-state index is -0.356. The fourth-order valence-corrected chi connectivity index (χ4v) is 4.72. The van der Waals surface area contributed by atoms with Gasteiger partial charge in [-0.2, -0.15) is 0 Å². The van der Waals surface area contributed by atoms with Crippen molar-refractivity contribution in [3.63, 3.8) is 0 Å². The van der Waals surface area contributed by atoms with Crippen LogP contribution in [-0.2, 0) is 7.05 Å². The molecule has 4 aromatic rings. The summed E-state index contributed by atoms with van der Waals surface area (Å²) >= 11 is 0. The first kappa shape index (κ1) is 26.6. The predicted molar refractivity (Wildman–Crippen MR) is 154 cm³/mol. The predicted octanol–water partition coefficient (Wildman–Crippen LogP) is 4.79. The number of rotatable bonds is 6. The number of hydrogen-bond donors (Lipinski definition) is 1. The average Bonchev–Trinajstić information content (AvgIpc) is 3.32. The van der Waals surface area contributed by atoms with Crippen LogP contribution >= 0.6 is 0 Å². The Bertz CT molecular complexity index is 1650. The van der Waals surface area contributed by atoms with Crippen molar-refractivity contribution in [1.82, 2.24) is 14.5 Å². The van der Waals surface area contributed by atoms with Crippen molar-refractivity contribution in [3.05, 3.63) is 100 Å². The molecule has 2 heterocycles. The van der Waals surface area contributed by atoms with Crippen LogP contribution in [0.15, 0.2) is 77.7 Å². The number of benzene rings is 3. The highest BCUT2D eigenvalue weighted by atomic mass is 19.1. The Labute approximate surface area is 231 Å². The average molecular weight is 541 g/mol. The van der Waals surface area contributed by atoms with E-state index >= 15 is 0 Å². The van der Waals surface area contributed by atoms with Crippen LogP contribution in [0.5, 0.6) is 0 Å². The van der Waals surface area contributed by atoms with E-state index in [0.717, 1.165) is 16.8 Å². The third-order valence-corrected chi connectivity index (χ3v) is 6.89. The zero-order valence-corrected chi connectivity index (χ0v) is 22.7. The van der Waals surface area contributed by atoms with E-state index in [-0.39, 0.29) is 29.1 Å². The number of halogens is 1. The number of nitrogens with one attached hydrogen (secondary N) is 1. The van der Waals surface area contributed by atoms with Crippen molar-refractivity contribution in [2.75, 3.05) is 42.3 Å². The molecule has 0 aliphatic carbocycles. The van der Waals surface area contributed by atoms with Gasteiger partial charge in [-0.15, -0.1) is 0 Å². The Balaban J connectivity index is 1.44. The van der Waals surface area contributed by atoms with Crippen molar-refractivity contribution in [2.45, 2.75) is 6.92 Å². The molecule has 204 valence electrons. The highest BCUT2D eigenvalue weighted by molar-refractivity contribution is 6.07. The van der Waals surface area contributed by atoms with E-state index < -0.39 is 0 Å². The van der Waals surface area contributed by atoms with Crippen molar-refractivity contribution in [3.8, 4) is 11.3 Å². The van der Waals surface area contributed by atoms with Crippen molar-refractivity contribution in [1.29, 1.82) is 0 Å². The van der Waals surface area contributed by atoms with Crippen molar-refractivity contribution in [2.24, 2.45) is 7.05 Å². The second-order valence-corrected chi connectivity index (χ2v) is 9.80. The molecule has 1 saturated heterocycles. The number of amides is 3. The molecule has 3 amide bonds. The maximum Gasteiger partial charge on any atom is 0.329 e. The van der Waals surface area contributed by atoms with Crippen molar-refractivity contribution >= 4 is 34.8 Å². The summed E-state index contributed by atoms with van der Waals surface area (Å²) in [5.74, 6) is -0.336. The van der Waals surface area contributed by atoms with Gasteiger partial charge in [-0.05, 0) is 67.1 Å². The van der Waals surface area contributed by atoms with E-state index in [1.807, 2.05) is 25.1 Å². The van der Waals surface area contributed by atoms with E-state index in [1.54, 1.807) is 73.5 Å². The third-order valence-electron chi connectivity index (χ3n) is 6.89. The molecule has 0 unspecified atom stereocenters. The molecule has 40 heavy (non-hydrogen) atoms. The van der Waals surface area contributed by atoms with Gasteiger partial charge in [-0.3, -0.25) is 19.4 Å². The number of carbonyl (C=O) groups excluding carboxylic acids is 2. The van der Waals surface area contributed by atoms with Gasteiger partial charge in [-0.25, -0.2) is 14.2 Å². The maximum atomic E-state index is 13.4. The van der Waals surface area contributed by atoms with E-state index in [0.29, 0.717) is 35.7 Å². The lowest BCUT2D eigenvalue weighted by atomic mass is 10.0. The summed E-state index contributed by atoms with van der Waals surface area (Å²) in [7, 11) is 5.03. The maximum absolute atomic E-state index is 13.4. The molecule has 1 fully saturated rings. The zero-order chi connectivity index (χ0) is 28.6. The standard InChI is InChI=1S/C30H29FN6O3/c1-19-24(6-5-7-26(19)37-17-16-36(30(37)40)23-14-10-21(31)11-15-23)25-18-35(4)29(39)27(33-25)32-22-12-8-20(9-13-22)28(38)34(2)3/h5-15,18H,16-17H2,1-4H3,(H,32,33). The highest BCUT2D eigenvalue weighted by Gasteiger charge is 2.32. The van der Waals surface area contributed by atoms with Gasteiger partial charge in [0.05, 0.1) is 5.69 Å². The van der Waals surface area contributed by atoms with Crippen LogP contribution in [-0.4, -0.2) is 53.6 Å². The van der Waals surface area contributed by atoms with Crippen molar-refractivity contribution < 1.29 is 14.0 Å². The summed E-state index contributed by atoms with van der Waals surface area (Å²) in [6.07, 6.45) is 1.66. The minimum absolute atomic E-state index is 0.116. The SMILES string of the molecule is Cc1c(-c2cn(C)c(=O)c(Nc3ccc(C(=O)N(C)C)cc3)n2)cccc1N1CCN(c2ccc(F)cc2)C1=O. The van der Waals surface area contributed by atoms with Gasteiger partial charge >= 0.3 is 6.03 Å². The molecular weight excluding hydrogens is 511 g/mol. The number of anilines is 4. The van der Waals surface area contributed by atoms with E-state index in [2.05, 4.69) is 10.3 Å². The van der Waals surface area contributed by atoms with Gasteiger partial charge in [0.1, 0.15) is 5.82 Å². The van der Waals surface area contributed by atoms with Gasteiger partial charge < -0.3 is 14.8 Å². The molecule has 1 N–H and O–H groups in total. The molecule has 0 atom stereocenters. The molecule has 10 heteroatoms. The Morgan fingerprint density at radius 2 is 1.62 bits per heavy atom. The summed E-state index contributed by atoms with van der Waals surface area (Å²) < 4.78 is 14.8. The zero-order valence-electron chi connectivity index (χ0n) is 22.7. The lowest BCUT2D eigenvalue weighted by Crippen LogP contribution is -2.32. The monoisotopic (exact) mass is 540 g/mol. The van der Waals surface area contributed by atoms with Crippen LogP contribution in [0.1, 0.15) is 15.9 Å². The number of aryl methyl sites for hydroxylation is 1. The first-order chi connectivity index (χ1) is 19.1. The van der Waals surface area contributed by atoms with Crippen LogP contribution in [0.3, 0.4) is 0 Å². The normalized spacial score (nSPS) is 13.1. The molecule has 1 aliphatic heterocycles. The number of aromatic nitrogens is 2. The molecule has 3 aromatic carbocycles. The molecule has 1 aliphatic rings. The number of nitrogens with zero attached hydrogens (tertiary/aromatic N) is 5. The Morgan fingerprint density at radius 1 is 0.950 bits per heavy atom. The minimum Gasteiger partial charge on any atom is -0.345 e. The van der Waals surface area contributed by atoms with Crippen LogP contribution in [0.2, 0.25) is 0 Å². The molecule has 0 radical (unpaired) electrons. The molecule has 9 nitrogen and oxygen atoms in total. The molecule has 0 saturated carbocycles. The second-order valence-electron chi connectivity index (χ2n) is 9.80. The highest BCUT2D eigenvalue weighted by Crippen LogP contribution is 2.33. The van der Waals surface area contributed by atoms with Gasteiger partial charge in [0.2, 0.25) is 0 Å².